The Morgan fingerprint density at radius 3 is 2.55 bits per heavy atom. The molecule has 0 N–H and O–H groups in total. The molecule has 0 spiro atoms. The van der Waals surface area contributed by atoms with E-state index in [1.54, 1.807) is 7.11 Å². The van der Waals surface area contributed by atoms with E-state index in [-0.39, 0.29) is 17.8 Å². The van der Waals surface area contributed by atoms with Crippen molar-refractivity contribution in [1.82, 2.24) is 0 Å². The summed E-state index contributed by atoms with van der Waals surface area (Å²) in [6.07, 6.45) is 0.742. The molecule has 114 valence electrons. The minimum absolute atomic E-state index is 0.0566. The van der Waals surface area contributed by atoms with Crippen LogP contribution in [0.4, 0.5) is 0 Å². The van der Waals surface area contributed by atoms with Crippen LogP contribution >= 0.6 is 0 Å². The van der Waals surface area contributed by atoms with Crippen molar-refractivity contribution in [3.05, 3.63) is 65.2 Å². The standard InChI is InChI=1S/C19H20O3/c1-3-22-19(20)17-12-14-6-4-5-7-16(14)18(17)13-8-10-15(21-2)11-9-13/h4-11,17-18H,3,12H2,1-2H3. The number of ether oxygens (including phenoxy) is 2. The number of carbonyl (C=O) groups excluding carboxylic acids is 1. The molecule has 1 aliphatic rings. The van der Waals surface area contributed by atoms with E-state index < -0.39 is 0 Å². The van der Waals surface area contributed by atoms with Crippen LogP contribution in [-0.2, 0) is 16.0 Å². The van der Waals surface area contributed by atoms with E-state index in [4.69, 9.17) is 9.47 Å². The van der Waals surface area contributed by atoms with Gasteiger partial charge in [0.15, 0.2) is 0 Å². The van der Waals surface area contributed by atoms with Gasteiger partial charge in [-0.15, -0.1) is 0 Å². The van der Waals surface area contributed by atoms with Crippen molar-refractivity contribution in [1.29, 1.82) is 0 Å². The monoisotopic (exact) mass is 296 g/mol. The zero-order valence-electron chi connectivity index (χ0n) is 12.9. The third-order valence-electron chi connectivity index (χ3n) is 4.30. The largest absolute Gasteiger partial charge is 0.497 e. The topological polar surface area (TPSA) is 35.5 Å². The molecule has 0 heterocycles. The molecule has 3 rings (SSSR count). The molecule has 0 aromatic heterocycles. The van der Waals surface area contributed by atoms with E-state index >= 15 is 0 Å². The highest BCUT2D eigenvalue weighted by atomic mass is 16.5. The van der Waals surface area contributed by atoms with Crippen molar-refractivity contribution < 1.29 is 14.3 Å². The van der Waals surface area contributed by atoms with Gasteiger partial charge in [0.25, 0.3) is 0 Å². The molecule has 2 aromatic rings. The first-order valence-corrected chi connectivity index (χ1v) is 7.63. The Kier molecular flexibility index (Phi) is 4.14. The van der Waals surface area contributed by atoms with E-state index in [1.807, 2.05) is 43.3 Å². The van der Waals surface area contributed by atoms with Crippen LogP contribution in [-0.4, -0.2) is 19.7 Å². The molecule has 0 saturated heterocycles. The highest BCUT2D eigenvalue weighted by Crippen LogP contribution is 2.43. The molecule has 0 radical (unpaired) electrons. The number of fused-ring (bicyclic) bond motifs is 1. The lowest BCUT2D eigenvalue weighted by molar-refractivity contribution is -0.148. The van der Waals surface area contributed by atoms with Crippen molar-refractivity contribution in [3.63, 3.8) is 0 Å². The summed E-state index contributed by atoms with van der Waals surface area (Å²) >= 11 is 0. The second kappa shape index (κ2) is 6.22. The molecule has 2 aromatic carbocycles. The van der Waals surface area contributed by atoms with Crippen LogP contribution < -0.4 is 4.74 Å². The summed E-state index contributed by atoms with van der Waals surface area (Å²) in [5, 5.41) is 0. The Hall–Kier alpha value is -2.29. The fourth-order valence-corrected chi connectivity index (χ4v) is 3.29. The first kappa shape index (κ1) is 14.6. The number of hydrogen-bond acceptors (Lipinski definition) is 3. The Morgan fingerprint density at radius 2 is 1.86 bits per heavy atom. The number of rotatable bonds is 4. The van der Waals surface area contributed by atoms with Gasteiger partial charge in [-0.3, -0.25) is 4.79 Å². The maximum Gasteiger partial charge on any atom is 0.310 e. The minimum Gasteiger partial charge on any atom is -0.497 e. The maximum atomic E-state index is 12.4. The van der Waals surface area contributed by atoms with Crippen molar-refractivity contribution in [2.45, 2.75) is 19.3 Å². The number of hydrogen-bond donors (Lipinski definition) is 0. The predicted octanol–water partition coefficient (Wildman–Crippen LogP) is 3.56. The number of methoxy groups -OCH3 is 1. The Bertz CT molecular complexity index is 661. The summed E-state index contributed by atoms with van der Waals surface area (Å²) in [5.41, 5.74) is 3.59. The number of esters is 1. The summed E-state index contributed by atoms with van der Waals surface area (Å²) in [6, 6.07) is 16.2. The van der Waals surface area contributed by atoms with Crippen LogP contribution in [0.5, 0.6) is 5.75 Å². The Morgan fingerprint density at radius 1 is 1.14 bits per heavy atom. The predicted molar refractivity (Wildman–Crippen MR) is 85.1 cm³/mol. The van der Waals surface area contributed by atoms with Crippen molar-refractivity contribution in [3.8, 4) is 5.75 Å². The zero-order valence-corrected chi connectivity index (χ0v) is 12.9. The van der Waals surface area contributed by atoms with Crippen LogP contribution in [0.3, 0.4) is 0 Å². The van der Waals surface area contributed by atoms with Gasteiger partial charge in [-0.05, 0) is 42.2 Å². The lowest BCUT2D eigenvalue weighted by Crippen LogP contribution is -2.22. The van der Waals surface area contributed by atoms with E-state index in [2.05, 4.69) is 12.1 Å². The molecule has 22 heavy (non-hydrogen) atoms. The van der Waals surface area contributed by atoms with Crippen LogP contribution in [0, 0.1) is 5.92 Å². The van der Waals surface area contributed by atoms with Crippen LogP contribution in [0.2, 0.25) is 0 Å². The highest BCUT2D eigenvalue weighted by Gasteiger charge is 2.38. The molecule has 0 fully saturated rings. The summed E-state index contributed by atoms with van der Waals surface area (Å²) in [5.74, 6) is 0.620. The average Bonchev–Trinajstić information content (AvgIpc) is 2.95. The third kappa shape index (κ3) is 2.59. The SMILES string of the molecule is CCOC(=O)C1Cc2ccccc2C1c1ccc(OC)cc1. The molecule has 2 unspecified atom stereocenters. The zero-order chi connectivity index (χ0) is 15.5. The highest BCUT2D eigenvalue weighted by molar-refractivity contribution is 5.77. The van der Waals surface area contributed by atoms with Gasteiger partial charge in [0.1, 0.15) is 5.75 Å². The van der Waals surface area contributed by atoms with Crippen LogP contribution in [0.25, 0.3) is 0 Å². The van der Waals surface area contributed by atoms with Gasteiger partial charge < -0.3 is 9.47 Å². The van der Waals surface area contributed by atoms with Gasteiger partial charge >= 0.3 is 5.97 Å². The second-order valence-electron chi connectivity index (χ2n) is 5.51. The number of benzene rings is 2. The molecule has 3 nitrogen and oxygen atoms in total. The van der Waals surface area contributed by atoms with Gasteiger partial charge in [0.05, 0.1) is 19.6 Å². The lowest BCUT2D eigenvalue weighted by atomic mass is 9.86. The van der Waals surface area contributed by atoms with E-state index in [1.165, 1.54) is 11.1 Å². The molecule has 0 amide bonds. The molecule has 2 atom stereocenters. The average molecular weight is 296 g/mol. The van der Waals surface area contributed by atoms with Gasteiger partial charge in [-0.25, -0.2) is 0 Å². The van der Waals surface area contributed by atoms with Gasteiger partial charge in [0.2, 0.25) is 0 Å². The smallest absolute Gasteiger partial charge is 0.310 e. The van der Waals surface area contributed by atoms with E-state index in [9.17, 15) is 4.79 Å². The molecular weight excluding hydrogens is 276 g/mol. The van der Waals surface area contributed by atoms with Gasteiger partial charge in [0, 0.05) is 5.92 Å². The van der Waals surface area contributed by atoms with Gasteiger partial charge in [-0.2, -0.15) is 0 Å². The molecule has 1 aliphatic carbocycles. The van der Waals surface area contributed by atoms with Crippen LogP contribution in [0.1, 0.15) is 29.5 Å². The molecule has 0 aliphatic heterocycles. The molecule has 0 saturated carbocycles. The quantitative estimate of drug-likeness (QED) is 0.809. The summed E-state index contributed by atoms with van der Waals surface area (Å²) < 4.78 is 10.5. The van der Waals surface area contributed by atoms with Gasteiger partial charge in [-0.1, -0.05) is 36.4 Å². The summed E-state index contributed by atoms with van der Waals surface area (Å²) in [7, 11) is 1.65. The minimum atomic E-state index is -0.147. The van der Waals surface area contributed by atoms with E-state index in [0.717, 1.165) is 17.7 Å². The lowest BCUT2D eigenvalue weighted by Gasteiger charge is -2.20. The van der Waals surface area contributed by atoms with Crippen molar-refractivity contribution in [2.24, 2.45) is 5.92 Å². The van der Waals surface area contributed by atoms with Crippen molar-refractivity contribution >= 4 is 5.97 Å². The fourth-order valence-electron chi connectivity index (χ4n) is 3.29. The normalized spacial score (nSPS) is 19.5. The first-order valence-electron chi connectivity index (χ1n) is 7.63. The number of carbonyl (C=O) groups is 1. The summed E-state index contributed by atoms with van der Waals surface area (Å²) in [4.78, 5) is 12.4. The van der Waals surface area contributed by atoms with Crippen LogP contribution in [0.15, 0.2) is 48.5 Å². The molecule has 3 heteroatoms. The second-order valence-corrected chi connectivity index (χ2v) is 5.51. The van der Waals surface area contributed by atoms with E-state index in [0.29, 0.717) is 6.61 Å². The Labute approximate surface area is 130 Å². The first-order chi connectivity index (χ1) is 10.7. The van der Waals surface area contributed by atoms with Crippen molar-refractivity contribution in [2.75, 3.05) is 13.7 Å². The third-order valence-corrected chi connectivity index (χ3v) is 4.30. The fraction of sp³-hybridized carbons (Fsp3) is 0.316. The Balaban J connectivity index is 2.00. The maximum absolute atomic E-state index is 12.4. The molecule has 0 bridgehead atoms. The molecular formula is C19H20O3. The summed E-state index contributed by atoms with van der Waals surface area (Å²) in [6.45, 7) is 2.27.